The lowest BCUT2D eigenvalue weighted by Crippen LogP contribution is -1.93. The molecule has 0 fully saturated rings. The molecular weight excluding hydrogens is 246 g/mol. The maximum absolute atomic E-state index is 6.12. The minimum Gasteiger partial charge on any atom is -0.383 e. The molecule has 0 saturated carbocycles. The number of aromatic nitrogens is 2. The molecule has 0 spiro atoms. The van der Waals surface area contributed by atoms with Crippen LogP contribution in [-0.4, -0.2) is 9.38 Å². The van der Waals surface area contributed by atoms with Crippen molar-refractivity contribution >= 4 is 23.1 Å². The fourth-order valence-electron chi connectivity index (χ4n) is 1.96. The van der Waals surface area contributed by atoms with Crippen molar-refractivity contribution in [2.24, 2.45) is 0 Å². The van der Waals surface area contributed by atoms with E-state index in [0.29, 0.717) is 10.8 Å². The number of rotatable bonds is 1. The molecule has 18 heavy (non-hydrogen) atoms. The molecule has 0 bridgehead atoms. The first-order chi connectivity index (χ1) is 8.65. The third-order valence-electron chi connectivity index (χ3n) is 2.94. The highest BCUT2D eigenvalue weighted by atomic mass is 35.5. The van der Waals surface area contributed by atoms with Gasteiger partial charge in [0.25, 0.3) is 0 Å². The lowest BCUT2D eigenvalue weighted by molar-refractivity contribution is 1.20. The van der Waals surface area contributed by atoms with E-state index in [0.717, 1.165) is 16.9 Å². The molecule has 0 aliphatic heterocycles. The second-order valence-corrected chi connectivity index (χ2v) is 4.72. The number of benzene rings is 1. The molecule has 0 radical (unpaired) electrons. The fourth-order valence-corrected chi connectivity index (χ4v) is 2.12. The number of nitrogens with zero attached hydrogens (tertiary/aromatic N) is 2. The minimum atomic E-state index is 0.608. The first-order valence-electron chi connectivity index (χ1n) is 5.65. The van der Waals surface area contributed by atoms with Crippen molar-refractivity contribution in [3.8, 4) is 11.3 Å². The summed E-state index contributed by atoms with van der Waals surface area (Å²) in [5, 5.41) is 0.641. The number of pyridine rings is 1. The summed E-state index contributed by atoms with van der Waals surface area (Å²) in [6.45, 7) is 2.05. The predicted molar refractivity (Wildman–Crippen MR) is 74.8 cm³/mol. The maximum atomic E-state index is 6.12. The summed E-state index contributed by atoms with van der Waals surface area (Å²) in [6.07, 6.45) is 1.77. The smallest absolute Gasteiger partial charge is 0.139 e. The van der Waals surface area contributed by atoms with Crippen molar-refractivity contribution < 1.29 is 0 Å². The zero-order chi connectivity index (χ0) is 12.7. The number of nitrogen functional groups attached to an aromatic ring is 1. The Labute approximate surface area is 110 Å². The Morgan fingerprint density at radius 2 is 1.83 bits per heavy atom. The second-order valence-electron chi connectivity index (χ2n) is 4.29. The molecular formula is C14H12ClN3. The van der Waals surface area contributed by atoms with E-state index in [1.54, 1.807) is 10.6 Å². The first-order valence-corrected chi connectivity index (χ1v) is 6.03. The van der Waals surface area contributed by atoms with Crippen LogP contribution in [0.25, 0.3) is 16.9 Å². The van der Waals surface area contributed by atoms with E-state index in [4.69, 9.17) is 17.3 Å². The van der Waals surface area contributed by atoms with Crippen molar-refractivity contribution in [2.75, 3.05) is 5.73 Å². The van der Waals surface area contributed by atoms with Crippen LogP contribution in [0.2, 0.25) is 5.02 Å². The average Bonchev–Trinajstić information content (AvgIpc) is 2.68. The lowest BCUT2D eigenvalue weighted by atomic mass is 10.1. The van der Waals surface area contributed by atoms with Gasteiger partial charge in [-0.15, -0.1) is 0 Å². The van der Waals surface area contributed by atoms with E-state index in [1.165, 1.54) is 5.56 Å². The van der Waals surface area contributed by atoms with Crippen molar-refractivity contribution in [2.45, 2.75) is 6.92 Å². The molecule has 0 unspecified atom stereocenters. The van der Waals surface area contributed by atoms with Gasteiger partial charge in [-0.05, 0) is 19.1 Å². The summed E-state index contributed by atoms with van der Waals surface area (Å²) in [5.74, 6) is 0.608. The zero-order valence-corrected chi connectivity index (χ0v) is 10.6. The van der Waals surface area contributed by atoms with E-state index in [-0.39, 0.29) is 0 Å². The second kappa shape index (κ2) is 4.03. The summed E-state index contributed by atoms with van der Waals surface area (Å²) < 4.78 is 1.80. The SMILES string of the molecule is Cc1ccc(-c2nc3ccc(Cl)cn3c2N)cc1. The number of anilines is 1. The monoisotopic (exact) mass is 257 g/mol. The number of imidazole rings is 1. The summed E-state index contributed by atoms with van der Waals surface area (Å²) in [6, 6.07) is 11.8. The molecule has 2 N–H and O–H groups in total. The van der Waals surface area contributed by atoms with Gasteiger partial charge in [0.1, 0.15) is 17.2 Å². The van der Waals surface area contributed by atoms with E-state index >= 15 is 0 Å². The molecule has 2 aromatic heterocycles. The van der Waals surface area contributed by atoms with Gasteiger partial charge in [0.15, 0.2) is 0 Å². The molecule has 90 valence electrons. The molecule has 4 heteroatoms. The molecule has 3 rings (SSSR count). The number of fused-ring (bicyclic) bond motifs is 1. The van der Waals surface area contributed by atoms with Gasteiger partial charge >= 0.3 is 0 Å². The molecule has 0 atom stereocenters. The maximum Gasteiger partial charge on any atom is 0.139 e. The van der Waals surface area contributed by atoms with Gasteiger partial charge in [-0.25, -0.2) is 4.98 Å². The van der Waals surface area contributed by atoms with E-state index in [2.05, 4.69) is 11.9 Å². The van der Waals surface area contributed by atoms with Gasteiger partial charge in [-0.2, -0.15) is 0 Å². The van der Waals surface area contributed by atoms with Gasteiger partial charge in [0.2, 0.25) is 0 Å². The lowest BCUT2D eigenvalue weighted by Gasteiger charge is -2.00. The predicted octanol–water partition coefficient (Wildman–Crippen LogP) is 3.55. The summed E-state index contributed by atoms with van der Waals surface area (Å²) >= 11 is 5.96. The van der Waals surface area contributed by atoms with Crippen molar-refractivity contribution in [3.63, 3.8) is 0 Å². The van der Waals surface area contributed by atoms with Gasteiger partial charge < -0.3 is 5.73 Å². The van der Waals surface area contributed by atoms with Crippen LogP contribution in [0.1, 0.15) is 5.56 Å². The summed E-state index contributed by atoms with van der Waals surface area (Å²) in [5.41, 5.74) is 9.93. The molecule has 3 nitrogen and oxygen atoms in total. The summed E-state index contributed by atoms with van der Waals surface area (Å²) in [7, 11) is 0. The van der Waals surface area contributed by atoms with E-state index in [9.17, 15) is 0 Å². The van der Waals surface area contributed by atoms with Crippen LogP contribution in [0, 0.1) is 6.92 Å². The van der Waals surface area contributed by atoms with E-state index in [1.807, 2.05) is 36.4 Å². The molecule has 0 saturated heterocycles. The van der Waals surface area contributed by atoms with Gasteiger partial charge in [-0.3, -0.25) is 4.40 Å². The highest BCUT2D eigenvalue weighted by Crippen LogP contribution is 2.27. The Balaban J connectivity index is 2.23. The number of aryl methyl sites for hydroxylation is 1. The average molecular weight is 258 g/mol. The molecule has 0 aliphatic carbocycles. The van der Waals surface area contributed by atoms with Gasteiger partial charge in [-0.1, -0.05) is 41.4 Å². The Kier molecular flexibility index (Phi) is 2.49. The molecule has 0 amide bonds. The van der Waals surface area contributed by atoms with Crippen LogP contribution in [0.15, 0.2) is 42.6 Å². The van der Waals surface area contributed by atoms with Gasteiger partial charge in [0, 0.05) is 11.8 Å². The standard InChI is InChI=1S/C14H12ClN3/c1-9-2-4-10(5-3-9)13-14(16)18-8-11(15)6-7-12(18)17-13/h2-8H,16H2,1H3. The van der Waals surface area contributed by atoms with Gasteiger partial charge in [0.05, 0.1) is 5.02 Å². The Morgan fingerprint density at radius 3 is 2.56 bits per heavy atom. The van der Waals surface area contributed by atoms with Crippen LogP contribution < -0.4 is 5.73 Å². The largest absolute Gasteiger partial charge is 0.383 e. The number of nitrogens with two attached hydrogens (primary N) is 1. The number of hydrogen-bond acceptors (Lipinski definition) is 2. The van der Waals surface area contributed by atoms with Crippen LogP contribution in [0.5, 0.6) is 0 Å². The zero-order valence-electron chi connectivity index (χ0n) is 9.89. The topological polar surface area (TPSA) is 43.3 Å². The van der Waals surface area contributed by atoms with Crippen molar-refractivity contribution in [1.82, 2.24) is 9.38 Å². The number of halogens is 1. The Bertz CT molecular complexity index is 714. The Hall–Kier alpha value is -2.00. The third-order valence-corrected chi connectivity index (χ3v) is 3.17. The molecule has 0 aliphatic rings. The molecule has 1 aromatic carbocycles. The highest BCUT2D eigenvalue weighted by molar-refractivity contribution is 6.30. The number of hydrogen-bond donors (Lipinski definition) is 1. The van der Waals surface area contributed by atoms with E-state index < -0.39 is 0 Å². The highest BCUT2D eigenvalue weighted by Gasteiger charge is 2.11. The van der Waals surface area contributed by atoms with Crippen LogP contribution in [0.4, 0.5) is 5.82 Å². The Morgan fingerprint density at radius 1 is 1.11 bits per heavy atom. The first kappa shape index (κ1) is 11.1. The molecule has 3 aromatic rings. The normalized spacial score (nSPS) is 11.0. The quantitative estimate of drug-likeness (QED) is 0.725. The van der Waals surface area contributed by atoms with Crippen molar-refractivity contribution in [3.05, 3.63) is 53.2 Å². The summed E-state index contributed by atoms with van der Waals surface area (Å²) in [4.78, 5) is 4.53. The third kappa shape index (κ3) is 1.73. The van der Waals surface area contributed by atoms with Crippen molar-refractivity contribution in [1.29, 1.82) is 0 Å². The van der Waals surface area contributed by atoms with Crippen LogP contribution in [0.3, 0.4) is 0 Å². The van der Waals surface area contributed by atoms with Crippen LogP contribution in [-0.2, 0) is 0 Å². The fraction of sp³-hybridized carbons (Fsp3) is 0.0714. The molecule has 2 heterocycles. The minimum absolute atomic E-state index is 0.608. The van der Waals surface area contributed by atoms with Crippen LogP contribution >= 0.6 is 11.6 Å².